The van der Waals surface area contributed by atoms with Crippen molar-refractivity contribution in [2.24, 2.45) is 17.8 Å². The van der Waals surface area contributed by atoms with Gasteiger partial charge >= 0.3 is 5.76 Å². The second kappa shape index (κ2) is 11.2. The summed E-state index contributed by atoms with van der Waals surface area (Å²) in [5.41, 5.74) is 2.17. The summed E-state index contributed by atoms with van der Waals surface area (Å²) in [6.07, 6.45) is 15.4. The lowest BCUT2D eigenvalue weighted by molar-refractivity contribution is 0.283. The summed E-state index contributed by atoms with van der Waals surface area (Å²) in [6.45, 7) is 9.03. The van der Waals surface area contributed by atoms with Crippen LogP contribution in [-0.2, 0) is 6.54 Å². The molecule has 40 heavy (non-hydrogen) atoms. The Bertz CT molecular complexity index is 1520. The van der Waals surface area contributed by atoms with Crippen LogP contribution in [0.3, 0.4) is 0 Å². The summed E-state index contributed by atoms with van der Waals surface area (Å²) in [7, 11) is 0. The minimum atomic E-state index is -0.656. The van der Waals surface area contributed by atoms with Crippen LogP contribution in [0.2, 0.25) is 0 Å². The molecule has 12 heteroatoms. The molecule has 0 aromatic carbocycles. The van der Waals surface area contributed by atoms with E-state index in [9.17, 15) is 4.79 Å². The second-order valence-corrected chi connectivity index (χ2v) is 11.2. The van der Waals surface area contributed by atoms with Gasteiger partial charge in [0.15, 0.2) is 11.5 Å². The van der Waals surface area contributed by atoms with Crippen LogP contribution in [0, 0.1) is 17.8 Å². The fraction of sp³-hybridized carbons (Fsp3) is 0.536. The van der Waals surface area contributed by atoms with Crippen molar-refractivity contribution in [1.29, 1.82) is 0 Å². The monoisotopic (exact) mass is 544 g/mol. The van der Waals surface area contributed by atoms with Gasteiger partial charge in [-0.3, -0.25) is 19.5 Å². The number of allylic oxidation sites excluding steroid dienone is 1. The van der Waals surface area contributed by atoms with E-state index in [1.165, 1.54) is 19.3 Å². The average Bonchev–Trinajstić information content (AvgIpc) is 3.52. The van der Waals surface area contributed by atoms with Crippen molar-refractivity contribution in [3.8, 4) is 11.6 Å². The van der Waals surface area contributed by atoms with Crippen LogP contribution < -0.4 is 16.4 Å². The molecule has 1 unspecified atom stereocenters. The van der Waals surface area contributed by atoms with Crippen LogP contribution >= 0.6 is 0 Å². The highest BCUT2D eigenvalue weighted by Gasteiger charge is 2.29. The van der Waals surface area contributed by atoms with Crippen molar-refractivity contribution in [3.63, 3.8) is 0 Å². The molecule has 4 aromatic heterocycles. The number of aromatic amines is 1. The summed E-state index contributed by atoms with van der Waals surface area (Å²) >= 11 is 0. The number of fused-ring (bicyclic) bond motifs is 1. The highest BCUT2D eigenvalue weighted by atomic mass is 16.5. The van der Waals surface area contributed by atoms with Crippen molar-refractivity contribution in [3.05, 3.63) is 47.5 Å². The smallest absolute Gasteiger partial charge is 0.365 e. The summed E-state index contributed by atoms with van der Waals surface area (Å²) in [5.74, 6) is 2.80. The number of H-pyrrole nitrogens is 1. The zero-order valence-electron chi connectivity index (χ0n) is 23.0. The van der Waals surface area contributed by atoms with Gasteiger partial charge in [-0.15, -0.1) is 6.58 Å². The lowest BCUT2D eigenvalue weighted by atomic mass is 9.80. The molecule has 4 aromatic rings. The first kappa shape index (κ1) is 26.1. The first-order chi connectivity index (χ1) is 19.5. The molecule has 0 amide bonds. The van der Waals surface area contributed by atoms with Crippen molar-refractivity contribution < 1.29 is 4.52 Å². The maximum atomic E-state index is 11.7. The molecule has 2 saturated carbocycles. The summed E-state index contributed by atoms with van der Waals surface area (Å²) in [4.78, 5) is 37.5. The van der Waals surface area contributed by atoms with Crippen LogP contribution in [0.25, 0.3) is 22.8 Å². The van der Waals surface area contributed by atoms with E-state index in [1.807, 2.05) is 6.92 Å². The molecule has 0 aliphatic heterocycles. The number of imidazole rings is 1. The summed E-state index contributed by atoms with van der Waals surface area (Å²) < 4.78 is 6.96. The molecular formula is C28H36N10O2. The quantitative estimate of drug-likeness (QED) is 0.239. The number of anilines is 2. The van der Waals surface area contributed by atoms with Crippen molar-refractivity contribution in [2.45, 2.75) is 77.4 Å². The Kier molecular flexibility index (Phi) is 7.31. The van der Waals surface area contributed by atoms with E-state index in [0.717, 1.165) is 43.4 Å². The lowest BCUT2D eigenvalue weighted by Crippen LogP contribution is -2.31. The molecule has 12 nitrogen and oxygen atoms in total. The van der Waals surface area contributed by atoms with Gasteiger partial charge in [0.2, 0.25) is 17.6 Å². The molecule has 3 N–H and O–H groups in total. The Morgan fingerprint density at radius 1 is 1.12 bits per heavy atom. The number of nitrogens with one attached hydrogen (secondary N) is 3. The standard InChI is InChI=1S/C28H36N10O2/c1-4-18-8-10-19(11-9-18)15-38-22-23(31-16(2)20-6-5-7-20)33-25(26-36-28(39)40-37-26)34-24(22)35-27(38)32-17(3)21-14-29-12-13-30-21/h4,12-14,16-20H,1,5-11,15H2,2-3H3,(H,36,37,39)(H2,31,32,33,34,35)/t16-,17?,18-,19-/m1/s1. The third-order valence-electron chi connectivity index (χ3n) is 8.51. The number of nitrogens with zero attached hydrogens (tertiary/aromatic N) is 7. The molecule has 0 radical (unpaired) electrons. The molecule has 2 atom stereocenters. The Labute approximate surface area is 232 Å². The van der Waals surface area contributed by atoms with Gasteiger partial charge in [-0.1, -0.05) is 17.7 Å². The molecule has 0 saturated heterocycles. The Morgan fingerprint density at radius 3 is 2.60 bits per heavy atom. The molecule has 6 rings (SSSR count). The molecule has 0 bridgehead atoms. The van der Waals surface area contributed by atoms with Gasteiger partial charge < -0.3 is 15.2 Å². The number of hydrogen-bond acceptors (Lipinski definition) is 10. The minimum Gasteiger partial charge on any atom is -0.365 e. The van der Waals surface area contributed by atoms with Crippen molar-refractivity contribution in [2.75, 3.05) is 10.6 Å². The number of aromatic nitrogens is 8. The largest absolute Gasteiger partial charge is 0.439 e. The Morgan fingerprint density at radius 2 is 1.95 bits per heavy atom. The third-order valence-corrected chi connectivity index (χ3v) is 8.51. The predicted molar refractivity (Wildman–Crippen MR) is 152 cm³/mol. The van der Waals surface area contributed by atoms with Crippen LogP contribution in [-0.4, -0.2) is 45.7 Å². The first-order valence-electron chi connectivity index (χ1n) is 14.2. The van der Waals surface area contributed by atoms with E-state index in [4.69, 9.17) is 19.5 Å². The molecule has 0 spiro atoms. The molecular weight excluding hydrogens is 508 g/mol. The van der Waals surface area contributed by atoms with E-state index in [0.29, 0.717) is 35.2 Å². The highest BCUT2D eigenvalue weighted by Crippen LogP contribution is 2.36. The van der Waals surface area contributed by atoms with Gasteiger partial charge in [-0.25, -0.2) is 14.8 Å². The van der Waals surface area contributed by atoms with E-state index in [2.05, 4.69) is 54.9 Å². The van der Waals surface area contributed by atoms with E-state index < -0.39 is 5.76 Å². The Hall–Kier alpha value is -4.09. The fourth-order valence-corrected chi connectivity index (χ4v) is 5.80. The SMILES string of the molecule is C=C[C@H]1CC[C@H](Cn2c(NC(C)c3cnccn3)nc3nc(-c4noc(=O)[nH]4)nc(N[C@H](C)C4CCC4)c32)CC1. The van der Waals surface area contributed by atoms with Gasteiger partial charge in [0.25, 0.3) is 0 Å². The van der Waals surface area contributed by atoms with E-state index >= 15 is 0 Å². The zero-order valence-corrected chi connectivity index (χ0v) is 23.0. The minimum absolute atomic E-state index is 0.134. The predicted octanol–water partition coefficient (Wildman–Crippen LogP) is 4.73. The molecule has 2 fully saturated rings. The van der Waals surface area contributed by atoms with Gasteiger partial charge in [-0.2, -0.15) is 4.98 Å². The van der Waals surface area contributed by atoms with Crippen LogP contribution in [0.4, 0.5) is 11.8 Å². The number of rotatable bonds is 10. The second-order valence-electron chi connectivity index (χ2n) is 11.2. The van der Waals surface area contributed by atoms with Gasteiger partial charge in [0.1, 0.15) is 5.52 Å². The topological polar surface area (TPSA) is 152 Å². The van der Waals surface area contributed by atoms with Crippen LogP contribution in [0.1, 0.15) is 70.5 Å². The maximum Gasteiger partial charge on any atom is 0.439 e. The third kappa shape index (κ3) is 5.34. The summed E-state index contributed by atoms with van der Waals surface area (Å²) in [6, 6.07) is 0.0859. The van der Waals surface area contributed by atoms with E-state index in [-0.39, 0.29) is 23.7 Å². The highest BCUT2D eigenvalue weighted by molar-refractivity contribution is 5.87. The molecule has 2 aliphatic rings. The van der Waals surface area contributed by atoms with Gasteiger partial charge in [0.05, 0.1) is 17.9 Å². The molecule has 4 heterocycles. The fourth-order valence-electron chi connectivity index (χ4n) is 5.80. The molecule has 210 valence electrons. The summed E-state index contributed by atoms with van der Waals surface area (Å²) in [5, 5.41) is 11.1. The van der Waals surface area contributed by atoms with E-state index in [1.54, 1.807) is 18.6 Å². The first-order valence-corrected chi connectivity index (χ1v) is 14.2. The normalized spacial score (nSPS) is 21.1. The zero-order chi connectivity index (χ0) is 27.6. The van der Waals surface area contributed by atoms with Gasteiger partial charge in [0, 0.05) is 25.0 Å². The molecule has 2 aliphatic carbocycles. The Balaban J connectivity index is 1.44. The lowest BCUT2D eigenvalue weighted by Gasteiger charge is -2.32. The van der Waals surface area contributed by atoms with Crippen LogP contribution in [0.5, 0.6) is 0 Å². The van der Waals surface area contributed by atoms with Gasteiger partial charge in [-0.05, 0) is 70.1 Å². The maximum absolute atomic E-state index is 11.7. The van der Waals surface area contributed by atoms with Crippen LogP contribution in [0.15, 0.2) is 40.6 Å². The average molecular weight is 545 g/mol. The van der Waals surface area contributed by atoms with Crippen molar-refractivity contribution >= 4 is 22.9 Å². The van der Waals surface area contributed by atoms with Crippen molar-refractivity contribution in [1.82, 2.24) is 39.6 Å². The number of hydrogen-bond donors (Lipinski definition) is 3.